The zero-order chi connectivity index (χ0) is 28.0. The number of hydrogen-bond donors (Lipinski definition) is 1. The minimum Gasteiger partial charge on any atom is -0.350 e. The van der Waals surface area contributed by atoms with Crippen molar-refractivity contribution in [3.05, 3.63) is 83.0 Å². The zero-order valence-corrected chi connectivity index (χ0v) is 21.5. The van der Waals surface area contributed by atoms with Gasteiger partial charge < -0.3 is 5.32 Å². The van der Waals surface area contributed by atoms with E-state index >= 15 is 0 Å². The van der Waals surface area contributed by atoms with Crippen LogP contribution in [0.2, 0.25) is 0 Å². The van der Waals surface area contributed by atoms with Crippen LogP contribution in [0, 0.1) is 5.82 Å². The molecule has 0 aliphatic carbocycles. The van der Waals surface area contributed by atoms with Gasteiger partial charge in [-0.3, -0.25) is 14.5 Å². The third kappa shape index (κ3) is 7.05. The molecule has 0 saturated carbocycles. The Bertz CT molecular complexity index is 1410. The van der Waals surface area contributed by atoms with Crippen LogP contribution in [-0.4, -0.2) is 38.1 Å². The van der Waals surface area contributed by atoms with E-state index < -0.39 is 42.0 Å². The lowest BCUT2D eigenvalue weighted by atomic mass is 10.1. The third-order valence-electron chi connectivity index (χ3n) is 5.75. The number of rotatable bonds is 10. The Morgan fingerprint density at radius 2 is 1.87 bits per heavy atom. The van der Waals surface area contributed by atoms with Gasteiger partial charge in [-0.25, -0.2) is 4.39 Å². The van der Waals surface area contributed by atoms with E-state index in [4.69, 9.17) is 0 Å². The number of nitrogens with zero attached hydrogens (tertiary/aromatic N) is 5. The lowest BCUT2D eigenvalue weighted by Crippen LogP contribution is -2.51. The second-order valence-electron chi connectivity index (χ2n) is 8.58. The fraction of sp³-hybridized carbons (Fsp3) is 0.269. The Balaban J connectivity index is 1.64. The van der Waals surface area contributed by atoms with Crippen LogP contribution >= 0.6 is 11.3 Å². The van der Waals surface area contributed by atoms with Crippen molar-refractivity contribution in [3.8, 4) is 10.7 Å². The van der Waals surface area contributed by atoms with Gasteiger partial charge in [-0.1, -0.05) is 37.6 Å². The predicted molar refractivity (Wildman–Crippen MR) is 137 cm³/mol. The molecule has 0 fully saturated rings. The molecule has 204 valence electrons. The predicted octanol–water partition coefficient (Wildman–Crippen LogP) is 5.08. The van der Waals surface area contributed by atoms with Crippen molar-refractivity contribution >= 4 is 28.8 Å². The van der Waals surface area contributed by atoms with E-state index in [1.165, 1.54) is 47.7 Å². The number of thiophene rings is 1. The standard InChI is InChI=1S/C26H24F4N6O2S/c1-2-5-21(25(38)31-15-17-9-11-19(27)12-10-17)36(20-7-3-6-18(14-20)26(28,29)30)23(37)16-35-33-24(32-34-35)22-8-4-13-39-22/h3-4,6-14,21H,2,5,15-16H2,1H3,(H,31,38). The summed E-state index contributed by atoms with van der Waals surface area (Å²) in [5.41, 5.74) is -0.438. The molecule has 0 saturated heterocycles. The molecule has 0 aliphatic heterocycles. The van der Waals surface area contributed by atoms with Gasteiger partial charge in [-0.2, -0.15) is 18.0 Å². The van der Waals surface area contributed by atoms with Crippen LogP contribution in [0.25, 0.3) is 10.7 Å². The summed E-state index contributed by atoms with van der Waals surface area (Å²) >= 11 is 1.38. The topological polar surface area (TPSA) is 93.0 Å². The SMILES string of the molecule is CCCC(C(=O)NCc1ccc(F)cc1)N(C(=O)Cn1nnc(-c2cccs2)n1)c1cccc(C(F)(F)F)c1. The number of tetrazole rings is 1. The van der Waals surface area contributed by atoms with Crippen LogP contribution in [0.5, 0.6) is 0 Å². The summed E-state index contributed by atoms with van der Waals surface area (Å²) in [6.45, 7) is 1.38. The Labute approximate surface area is 225 Å². The summed E-state index contributed by atoms with van der Waals surface area (Å²) in [6, 6.07) is 12.2. The number of carbonyl (C=O) groups is 2. The number of hydrogen-bond acceptors (Lipinski definition) is 6. The van der Waals surface area contributed by atoms with Gasteiger partial charge in [0.2, 0.25) is 11.7 Å². The minimum absolute atomic E-state index is 0.0404. The third-order valence-corrected chi connectivity index (χ3v) is 6.61. The first-order valence-electron chi connectivity index (χ1n) is 12.0. The van der Waals surface area contributed by atoms with Crippen LogP contribution in [-0.2, 0) is 28.9 Å². The maximum absolute atomic E-state index is 13.6. The fourth-order valence-corrected chi connectivity index (χ4v) is 4.55. The number of alkyl halides is 3. The number of carbonyl (C=O) groups excluding carboxylic acids is 2. The van der Waals surface area contributed by atoms with E-state index in [2.05, 4.69) is 20.7 Å². The molecule has 2 aromatic heterocycles. The van der Waals surface area contributed by atoms with Crippen molar-refractivity contribution in [2.45, 2.75) is 45.1 Å². The quantitative estimate of drug-likeness (QED) is 0.273. The molecule has 4 aromatic rings. The summed E-state index contributed by atoms with van der Waals surface area (Å²) < 4.78 is 53.8. The maximum Gasteiger partial charge on any atom is 0.416 e. The Kier molecular flexibility index (Phi) is 8.69. The smallest absolute Gasteiger partial charge is 0.350 e. The molecule has 1 unspecified atom stereocenters. The van der Waals surface area contributed by atoms with Gasteiger partial charge in [0.15, 0.2) is 0 Å². The lowest BCUT2D eigenvalue weighted by molar-refractivity contribution is -0.137. The molecule has 1 N–H and O–H groups in total. The average Bonchev–Trinajstić information content (AvgIpc) is 3.60. The van der Waals surface area contributed by atoms with Gasteiger partial charge in [0.25, 0.3) is 5.91 Å². The highest BCUT2D eigenvalue weighted by atomic mass is 32.1. The number of aromatic nitrogens is 4. The monoisotopic (exact) mass is 560 g/mol. The number of halogens is 4. The van der Waals surface area contributed by atoms with E-state index in [-0.39, 0.29) is 18.7 Å². The first kappa shape index (κ1) is 27.9. The molecule has 1 atom stereocenters. The highest BCUT2D eigenvalue weighted by molar-refractivity contribution is 7.13. The van der Waals surface area contributed by atoms with E-state index in [9.17, 15) is 27.2 Å². The van der Waals surface area contributed by atoms with Crippen molar-refractivity contribution in [1.29, 1.82) is 0 Å². The molecule has 2 heterocycles. The summed E-state index contributed by atoms with van der Waals surface area (Å²) in [5.74, 6) is -1.40. The zero-order valence-electron chi connectivity index (χ0n) is 20.7. The van der Waals surface area contributed by atoms with Gasteiger partial charge in [-0.15, -0.1) is 21.5 Å². The number of amides is 2. The lowest BCUT2D eigenvalue weighted by Gasteiger charge is -2.31. The Hall–Kier alpha value is -4.13. The van der Waals surface area contributed by atoms with Crippen molar-refractivity contribution in [1.82, 2.24) is 25.5 Å². The van der Waals surface area contributed by atoms with Crippen LogP contribution < -0.4 is 10.2 Å². The summed E-state index contributed by atoms with van der Waals surface area (Å²) in [5, 5.41) is 16.6. The molecule has 0 radical (unpaired) electrons. The highest BCUT2D eigenvalue weighted by Gasteiger charge is 2.35. The van der Waals surface area contributed by atoms with Crippen LogP contribution in [0.4, 0.5) is 23.2 Å². The van der Waals surface area contributed by atoms with Gasteiger partial charge in [-0.05, 0) is 59.0 Å². The van der Waals surface area contributed by atoms with Crippen LogP contribution in [0.3, 0.4) is 0 Å². The van der Waals surface area contributed by atoms with Gasteiger partial charge >= 0.3 is 6.18 Å². The molecule has 0 spiro atoms. The van der Waals surface area contributed by atoms with E-state index in [1.807, 2.05) is 5.38 Å². The molecule has 4 rings (SSSR count). The van der Waals surface area contributed by atoms with Crippen LogP contribution in [0.15, 0.2) is 66.0 Å². The maximum atomic E-state index is 13.6. The summed E-state index contributed by atoms with van der Waals surface area (Å²) in [6.07, 6.45) is -4.02. The Morgan fingerprint density at radius 3 is 2.54 bits per heavy atom. The first-order chi connectivity index (χ1) is 18.7. The molecular formula is C26H24F4N6O2S. The molecule has 8 nitrogen and oxygen atoms in total. The van der Waals surface area contributed by atoms with Gasteiger partial charge in [0, 0.05) is 12.2 Å². The normalized spacial score (nSPS) is 12.2. The number of nitrogens with one attached hydrogen (secondary N) is 1. The molecule has 13 heteroatoms. The molecule has 0 aliphatic rings. The van der Waals surface area contributed by atoms with Crippen LogP contribution in [0.1, 0.15) is 30.9 Å². The second-order valence-corrected chi connectivity index (χ2v) is 9.53. The fourth-order valence-electron chi connectivity index (χ4n) is 3.90. The van der Waals surface area contributed by atoms with E-state index in [1.54, 1.807) is 19.1 Å². The molecular weight excluding hydrogens is 536 g/mol. The van der Waals surface area contributed by atoms with Gasteiger partial charge in [0.1, 0.15) is 18.4 Å². The van der Waals surface area contributed by atoms with E-state index in [0.717, 1.165) is 26.7 Å². The Morgan fingerprint density at radius 1 is 1.10 bits per heavy atom. The molecule has 0 bridgehead atoms. The highest BCUT2D eigenvalue weighted by Crippen LogP contribution is 2.33. The molecule has 2 amide bonds. The van der Waals surface area contributed by atoms with Gasteiger partial charge in [0.05, 0.1) is 10.4 Å². The van der Waals surface area contributed by atoms with Crippen molar-refractivity contribution < 1.29 is 27.2 Å². The number of anilines is 1. The average molecular weight is 561 g/mol. The summed E-state index contributed by atoms with van der Waals surface area (Å²) in [4.78, 5) is 29.8. The molecule has 39 heavy (non-hydrogen) atoms. The number of benzene rings is 2. The van der Waals surface area contributed by atoms with Crippen molar-refractivity contribution in [2.75, 3.05) is 4.90 Å². The second kappa shape index (κ2) is 12.2. The minimum atomic E-state index is -4.65. The summed E-state index contributed by atoms with van der Waals surface area (Å²) in [7, 11) is 0. The molecule has 2 aromatic carbocycles. The van der Waals surface area contributed by atoms with E-state index in [0.29, 0.717) is 17.8 Å². The first-order valence-corrected chi connectivity index (χ1v) is 12.9. The van der Waals surface area contributed by atoms with Crippen molar-refractivity contribution in [3.63, 3.8) is 0 Å². The van der Waals surface area contributed by atoms with Crippen molar-refractivity contribution in [2.24, 2.45) is 0 Å². The largest absolute Gasteiger partial charge is 0.416 e.